The lowest BCUT2D eigenvalue weighted by Crippen LogP contribution is -2.11. The van der Waals surface area contributed by atoms with Crippen molar-refractivity contribution in [2.24, 2.45) is 0 Å². The molecular formula is C16H19O6PS. The molecule has 2 aromatic rings. The quantitative estimate of drug-likeness (QED) is 0.494. The van der Waals surface area contributed by atoms with Gasteiger partial charge in [0.2, 0.25) is 0 Å². The van der Waals surface area contributed by atoms with E-state index in [0.717, 1.165) is 5.56 Å². The van der Waals surface area contributed by atoms with E-state index >= 15 is 0 Å². The van der Waals surface area contributed by atoms with E-state index in [0.29, 0.717) is 17.8 Å². The summed E-state index contributed by atoms with van der Waals surface area (Å²) in [7, 11) is 0. The van der Waals surface area contributed by atoms with Gasteiger partial charge in [0.15, 0.2) is 0 Å². The molecule has 0 radical (unpaired) electrons. The Hall–Kier alpha value is -1.50. The van der Waals surface area contributed by atoms with E-state index in [1.807, 2.05) is 6.92 Å². The third-order valence-corrected chi connectivity index (χ3v) is 5.78. The average molecular weight is 370 g/mol. The second kappa shape index (κ2) is 7.59. The van der Waals surface area contributed by atoms with Gasteiger partial charge in [-0.2, -0.15) is 0 Å². The maximum atomic E-state index is 11.3. The summed E-state index contributed by atoms with van der Waals surface area (Å²) in [5, 5.41) is 29.9. The van der Waals surface area contributed by atoms with Crippen molar-refractivity contribution in [2.45, 2.75) is 30.3 Å². The van der Waals surface area contributed by atoms with Gasteiger partial charge < -0.3 is 25.1 Å². The van der Waals surface area contributed by atoms with Crippen molar-refractivity contribution in [1.82, 2.24) is 0 Å². The van der Waals surface area contributed by atoms with Crippen LogP contribution in [0.1, 0.15) is 36.5 Å². The fourth-order valence-corrected chi connectivity index (χ4v) is 4.50. The van der Waals surface area contributed by atoms with Gasteiger partial charge in [-0.3, -0.25) is 0 Å². The molecule has 0 aliphatic rings. The normalized spacial score (nSPS) is 14.3. The summed E-state index contributed by atoms with van der Waals surface area (Å²) in [5.74, 6) is -0.346. The number of hydrogen-bond acceptors (Lipinski definition) is 5. The highest BCUT2D eigenvalue weighted by Gasteiger charge is 2.27. The largest absolute Gasteiger partial charge is 0.508 e. The Balaban J connectivity index is 2.42. The minimum absolute atomic E-state index is 0.0975. The molecule has 130 valence electrons. The van der Waals surface area contributed by atoms with Gasteiger partial charge in [0, 0.05) is 10.8 Å². The first-order chi connectivity index (χ1) is 11.2. The van der Waals surface area contributed by atoms with Crippen LogP contribution in [0, 0.1) is 0 Å². The van der Waals surface area contributed by atoms with Crippen LogP contribution in [0.15, 0.2) is 47.4 Å². The van der Waals surface area contributed by atoms with Crippen molar-refractivity contribution in [1.29, 1.82) is 0 Å². The molecular weight excluding hydrogens is 351 g/mol. The second-order valence-electron chi connectivity index (χ2n) is 5.36. The van der Waals surface area contributed by atoms with Crippen LogP contribution in [0.5, 0.6) is 11.5 Å². The highest BCUT2D eigenvalue weighted by molar-refractivity contribution is 8.54. The van der Waals surface area contributed by atoms with Crippen LogP contribution < -0.4 is 0 Å². The molecule has 0 saturated heterocycles. The molecule has 0 fully saturated rings. The molecule has 2 aromatic carbocycles. The lowest BCUT2D eigenvalue weighted by atomic mass is 9.87. The van der Waals surface area contributed by atoms with Gasteiger partial charge in [-0.15, -0.1) is 0 Å². The van der Waals surface area contributed by atoms with E-state index in [1.165, 1.54) is 30.3 Å². The maximum absolute atomic E-state index is 11.3. The number of phenols is 2. The highest BCUT2D eigenvalue weighted by atomic mass is 32.7. The van der Waals surface area contributed by atoms with Crippen molar-refractivity contribution >= 4 is 18.2 Å². The molecule has 0 saturated carbocycles. The SMILES string of the molecule is CCC(c1ccc(O)cc1)C(O)c1cc(O)ccc1SP(=O)(O)O. The lowest BCUT2D eigenvalue weighted by molar-refractivity contribution is 0.139. The molecule has 0 amide bonds. The molecule has 24 heavy (non-hydrogen) atoms. The molecule has 8 heteroatoms. The molecule has 2 atom stereocenters. The van der Waals surface area contributed by atoms with Crippen LogP contribution in [0.25, 0.3) is 0 Å². The van der Waals surface area contributed by atoms with Gasteiger partial charge in [0.1, 0.15) is 11.5 Å². The zero-order chi connectivity index (χ0) is 17.9. The highest BCUT2D eigenvalue weighted by Crippen LogP contribution is 2.56. The molecule has 6 nitrogen and oxygen atoms in total. The van der Waals surface area contributed by atoms with Crippen LogP contribution in [0.2, 0.25) is 0 Å². The minimum Gasteiger partial charge on any atom is -0.508 e. The molecule has 0 aromatic heterocycles. The van der Waals surface area contributed by atoms with Crippen LogP contribution in [-0.2, 0) is 4.57 Å². The Morgan fingerprint density at radius 3 is 2.17 bits per heavy atom. The zero-order valence-corrected chi connectivity index (χ0v) is 14.6. The summed E-state index contributed by atoms with van der Waals surface area (Å²) in [4.78, 5) is 18.6. The fraction of sp³-hybridized carbons (Fsp3) is 0.250. The van der Waals surface area contributed by atoms with E-state index in [9.17, 15) is 29.7 Å². The number of aliphatic hydroxyl groups is 1. The van der Waals surface area contributed by atoms with Crippen molar-refractivity contribution in [2.75, 3.05) is 0 Å². The molecule has 0 aliphatic carbocycles. The topological polar surface area (TPSA) is 118 Å². The Morgan fingerprint density at radius 1 is 1.04 bits per heavy atom. The average Bonchev–Trinajstić information content (AvgIpc) is 2.50. The molecule has 2 rings (SSSR count). The number of rotatable bonds is 6. The summed E-state index contributed by atoms with van der Waals surface area (Å²) >= 11 is 0.345. The lowest BCUT2D eigenvalue weighted by Gasteiger charge is -2.24. The van der Waals surface area contributed by atoms with E-state index in [4.69, 9.17) is 0 Å². The van der Waals surface area contributed by atoms with Gasteiger partial charge in [-0.1, -0.05) is 19.1 Å². The van der Waals surface area contributed by atoms with Gasteiger partial charge in [-0.05, 0) is 59.3 Å². The van der Waals surface area contributed by atoms with Gasteiger partial charge in [0.05, 0.1) is 6.10 Å². The van der Waals surface area contributed by atoms with Crippen molar-refractivity contribution in [3.63, 3.8) is 0 Å². The standard InChI is InChI=1S/C16H19O6PS/c1-2-13(10-3-5-11(17)6-4-10)16(19)14-9-12(18)7-8-15(14)24-23(20,21)22/h3-9,13,16-19H,2H2,1H3,(H2,20,21,22). The van der Waals surface area contributed by atoms with E-state index in [-0.39, 0.29) is 27.9 Å². The molecule has 0 bridgehead atoms. The zero-order valence-electron chi connectivity index (χ0n) is 12.9. The molecule has 5 N–H and O–H groups in total. The predicted molar refractivity (Wildman–Crippen MR) is 92.1 cm³/mol. The number of benzene rings is 2. The van der Waals surface area contributed by atoms with Crippen molar-refractivity contribution in [3.8, 4) is 11.5 Å². The first-order valence-corrected chi connectivity index (χ1v) is 10.3. The summed E-state index contributed by atoms with van der Waals surface area (Å²) in [6, 6.07) is 10.4. The summed E-state index contributed by atoms with van der Waals surface area (Å²) in [6.07, 6.45) is -0.512. The molecule has 2 unspecified atom stereocenters. The van der Waals surface area contributed by atoms with E-state index < -0.39 is 12.9 Å². The predicted octanol–water partition coefficient (Wildman–Crippen LogP) is 3.51. The number of aliphatic hydroxyl groups excluding tert-OH is 1. The third kappa shape index (κ3) is 4.75. The van der Waals surface area contributed by atoms with Crippen LogP contribution in [0.4, 0.5) is 0 Å². The van der Waals surface area contributed by atoms with Gasteiger partial charge in [0.25, 0.3) is 0 Å². The summed E-state index contributed by atoms with van der Waals surface area (Å²) in [5.41, 5.74) is 1.03. The number of phenolic OH excluding ortho intramolecular Hbond substituents is 2. The smallest absolute Gasteiger partial charge is 0.388 e. The van der Waals surface area contributed by atoms with Gasteiger partial charge in [-0.25, -0.2) is 4.57 Å². The minimum atomic E-state index is -4.40. The monoisotopic (exact) mass is 370 g/mol. The second-order valence-corrected chi connectivity index (χ2v) is 8.93. The number of hydrogen-bond donors (Lipinski definition) is 5. The summed E-state index contributed by atoms with van der Waals surface area (Å²) in [6.45, 7) is -2.52. The van der Waals surface area contributed by atoms with Crippen LogP contribution >= 0.6 is 18.2 Å². The van der Waals surface area contributed by atoms with Crippen LogP contribution in [0.3, 0.4) is 0 Å². The fourth-order valence-electron chi connectivity index (χ4n) is 2.56. The third-order valence-electron chi connectivity index (χ3n) is 3.67. The van der Waals surface area contributed by atoms with Crippen molar-refractivity contribution in [3.05, 3.63) is 53.6 Å². The Bertz CT molecular complexity index is 743. The first kappa shape index (κ1) is 18.8. The first-order valence-electron chi connectivity index (χ1n) is 7.26. The Labute approximate surface area is 143 Å². The summed E-state index contributed by atoms with van der Waals surface area (Å²) < 4.78 is 11.3. The molecule has 0 spiro atoms. The van der Waals surface area contributed by atoms with Crippen molar-refractivity contribution < 1.29 is 29.7 Å². The maximum Gasteiger partial charge on any atom is 0.388 e. The van der Waals surface area contributed by atoms with Crippen LogP contribution in [-0.4, -0.2) is 25.1 Å². The van der Waals surface area contributed by atoms with Gasteiger partial charge >= 0.3 is 6.80 Å². The van der Waals surface area contributed by atoms with E-state index in [2.05, 4.69) is 0 Å². The van der Waals surface area contributed by atoms with E-state index in [1.54, 1.807) is 12.1 Å². The molecule has 0 heterocycles. The number of aromatic hydroxyl groups is 2. The Kier molecular flexibility index (Phi) is 5.96. The molecule has 0 aliphatic heterocycles. The Morgan fingerprint density at radius 2 is 1.62 bits per heavy atom.